The highest BCUT2D eigenvalue weighted by Gasteiger charge is 2.27. The highest BCUT2D eigenvalue weighted by atomic mass is 19.1. The number of aromatic nitrogens is 2. The summed E-state index contributed by atoms with van der Waals surface area (Å²) >= 11 is 0. The topological polar surface area (TPSA) is 70.1 Å². The van der Waals surface area contributed by atoms with Crippen LogP contribution in [0.15, 0.2) is 6.20 Å². The molecular formula is C12H19FN4O. The van der Waals surface area contributed by atoms with Crippen LogP contribution in [-0.4, -0.2) is 34.3 Å². The van der Waals surface area contributed by atoms with Gasteiger partial charge in [0, 0.05) is 25.1 Å². The van der Waals surface area contributed by atoms with Crippen molar-refractivity contribution in [3.63, 3.8) is 0 Å². The zero-order valence-corrected chi connectivity index (χ0v) is 10.5. The van der Waals surface area contributed by atoms with E-state index in [1.54, 1.807) is 0 Å². The number of hydrogen-bond acceptors (Lipinski definition) is 5. The normalized spacial score (nSPS) is 23.1. The molecule has 0 aromatic carbocycles. The predicted octanol–water partition coefficient (Wildman–Crippen LogP) is 1.62. The van der Waals surface area contributed by atoms with Gasteiger partial charge in [-0.2, -0.15) is 4.98 Å². The van der Waals surface area contributed by atoms with Gasteiger partial charge in [-0.15, -0.1) is 0 Å². The van der Waals surface area contributed by atoms with Crippen LogP contribution in [0.25, 0.3) is 0 Å². The maximum atomic E-state index is 13.6. The van der Waals surface area contributed by atoms with Crippen LogP contribution in [0.4, 0.5) is 16.2 Å². The van der Waals surface area contributed by atoms with Crippen molar-refractivity contribution in [3.8, 4) is 0 Å². The molecule has 0 spiro atoms. The van der Waals surface area contributed by atoms with E-state index in [9.17, 15) is 9.50 Å². The molecule has 3 N–H and O–H groups in total. The van der Waals surface area contributed by atoms with Crippen LogP contribution in [0.2, 0.25) is 0 Å². The van der Waals surface area contributed by atoms with E-state index in [0.717, 1.165) is 25.5 Å². The van der Waals surface area contributed by atoms with Crippen molar-refractivity contribution < 1.29 is 9.50 Å². The molecule has 18 heavy (non-hydrogen) atoms. The molecule has 2 atom stereocenters. The summed E-state index contributed by atoms with van der Waals surface area (Å²) in [5.41, 5.74) is 0. The zero-order chi connectivity index (χ0) is 13.0. The van der Waals surface area contributed by atoms with E-state index in [-0.39, 0.29) is 24.4 Å². The molecule has 1 heterocycles. The summed E-state index contributed by atoms with van der Waals surface area (Å²) in [5, 5.41) is 15.3. The quantitative estimate of drug-likeness (QED) is 0.745. The van der Waals surface area contributed by atoms with Crippen LogP contribution in [0.3, 0.4) is 0 Å². The molecule has 1 aromatic rings. The van der Waals surface area contributed by atoms with E-state index in [1.807, 2.05) is 6.92 Å². The summed E-state index contributed by atoms with van der Waals surface area (Å²) in [5.74, 6) is 0.355. The number of nitrogens with one attached hydrogen (secondary N) is 2. The molecule has 1 saturated carbocycles. The van der Waals surface area contributed by atoms with Gasteiger partial charge in [-0.05, 0) is 19.8 Å². The third-order valence-corrected chi connectivity index (χ3v) is 3.29. The molecule has 0 radical (unpaired) electrons. The molecule has 0 bridgehead atoms. The smallest absolute Gasteiger partial charge is 0.224 e. The maximum absolute atomic E-state index is 13.6. The first-order valence-corrected chi connectivity index (χ1v) is 6.38. The van der Waals surface area contributed by atoms with Gasteiger partial charge in [0.15, 0.2) is 11.6 Å². The predicted molar refractivity (Wildman–Crippen MR) is 68.0 cm³/mol. The number of aliphatic hydroxyl groups excluding tert-OH is 1. The third-order valence-electron chi connectivity index (χ3n) is 3.29. The van der Waals surface area contributed by atoms with Crippen molar-refractivity contribution >= 4 is 11.8 Å². The van der Waals surface area contributed by atoms with Crippen LogP contribution in [-0.2, 0) is 0 Å². The number of nitrogens with zero attached hydrogens (tertiary/aromatic N) is 2. The Morgan fingerprint density at radius 1 is 1.50 bits per heavy atom. The fourth-order valence-corrected chi connectivity index (χ4v) is 2.33. The second-order valence-corrected chi connectivity index (χ2v) is 4.54. The summed E-state index contributed by atoms with van der Waals surface area (Å²) in [4.78, 5) is 7.96. The van der Waals surface area contributed by atoms with Crippen LogP contribution in [0.1, 0.15) is 26.2 Å². The Morgan fingerprint density at radius 3 is 3.06 bits per heavy atom. The molecule has 2 unspecified atom stereocenters. The standard InChI is InChI=1S/C12H19FN4O/c1-2-14-12-15-6-9(13)11(17-12)16-10-5-3-4-8(10)7-18/h6,8,10,18H,2-5,7H2,1H3,(H2,14,15,16,17). The average Bonchev–Trinajstić information content (AvgIpc) is 2.81. The Hall–Kier alpha value is -1.43. The lowest BCUT2D eigenvalue weighted by atomic mass is 10.1. The first-order valence-electron chi connectivity index (χ1n) is 6.38. The molecule has 0 aliphatic heterocycles. The summed E-state index contributed by atoms with van der Waals surface area (Å²) < 4.78 is 13.6. The number of hydrogen-bond donors (Lipinski definition) is 3. The van der Waals surface area contributed by atoms with Gasteiger partial charge in [0.2, 0.25) is 5.95 Å². The molecule has 2 rings (SSSR count). The third kappa shape index (κ3) is 2.87. The zero-order valence-electron chi connectivity index (χ0n) is 10.5. The van der Waals surface area contributed by atoms with E-state index >= 15 is 0 Å². The summed E-state index contributed by atoms with van der Waals surface area (Å²) in [6, 6.07) is 0.0916. The summed E-state index contributed by atoms with van der Waals surface area (Å²) in [7, 11) is 0. The molecule has 1 fully saturated rings. The Bertz CT molecular complexity index is 402. The lowest BCUT2D eigenvalue weighted by molar-refractivity contribution is 0.222. The number of anilines is 2. The van der Waals surface area contributed by atoms with Crippen molar-refractivity contribution in [2.45, 2.75) is 32.2 Å². The number of halogens is 1. The van der Waals surface area contributed by atoms with E-state index in [0.29, 0.717) is 12.5 Å². The van der Waals surface area contributed by atoms with Crippen LogP contribution in [0.5, 0.6) is 0 Å². The molecule has 100 valence electrons. The molecule has 0 saturated heterocycles. The number of aliphatic hydroxyl groups is 1. The van der Waals surface area contributed by atoms with Gasteiger partial charge < -0.3 is 15.7 Å². The van der Waals surface area contributed by atoms with E-state index < -0.39 is 5.82 Å². The summed E-state index contributed by atoms with van der Waals surface area (Å²) in [6.45, 7) is 2.75. The fraction of sp³-hybridized carbons (Fsp3) is 0.667. The molecule has 0 amide bonds. The van der Waals surface area contributed by atoms with Crippen LogP contribution in [0, 0.1) is 11.7 Å². The molecule has 1 aromatic heterocycles. The second-order valence-electron chi connectivity index (χ2n) is 4.54. The van der Waals surface area contributed by atoms with Gasteiger partial charge in [0.05, 0.1) is 6.20 Å². The Morgan fingerprint density at radius 2 is 2.33 bits per heavy atom. The molecule has 5 nitrogen and oxygen atoms in total. The first-order chi connectivity index (χ1) is 8.74. The van der Waals surface area contributed by atoms with E-state index in [4.69, 9.17) is 0 Å². The van der Waals surface area contributed by atoms with Crippen LogP contribution < -0.4 is 10.6 Å². The molecular weight excluding hydrogens is 235 g/mol. The minimum atomic E-state index is -0.458. The Kier molecular flexibility index (Phi) is 4.30. The van der Waals surface area contributed by atoms with Crippen molar-refractivity contribution in [1.29, 1.82) is 0 Å². The highest BCUT2D eigenvalue weighted by molar-refractivity contribution is 5.42. The van der Waals surface area contributed by atoms with Gasteiger partial charge in [0.25, 0.3) is 0 Å². The Labute approximate surface area is 106 Å². The van der Waals surface area contributed by atoms with Crippen molar-refractivity contribution in [2.24, 2.45) is 5.92 Å². The fourth-order valence-electron chi connectivity index (χ4n) is 2.33. The lowest BCUT2D eigenvalue weighted by Gasteiger charge is -2.20. The average molecular weight is 254 g/mol. The maximum Gasteiger partial charge on any atom is 0.224 e. The molecule has 1 aliphatic rings. The van der Waals surface area contributed by atoms with Crippen molar-refractivity contribution in [2.75, 3.05) is 23.8 Å². The monoisotopic (exact) mass is 254 g/mol. The highest BCUT2D eigenvalue weighted by Crippen LogP contribution is 2.28. The Balaban J connectivity index is 2.09. The van der Waals surface area contributed by atoms with E-state index in [2.05, 4.69) is 20.6 Å². The first kappa shape index (κ1) is 13.0. The van der Waals surface area contributed by atoms with Crippen LogP contribution >= 0.6 is 0 Å². The minimum Gasteiger partial charge on any atom is -0.396 e. The number of rotatable bonds is 5. The second kappa shape index (κ2) is 5.95. The van der Waals surface area contributed by atoms with Gasteiger partial charge in [-0.25, -0.2) is 9.37 Å². The summed E-state index contributed by atoms with van der Waals surface area (Å²) in [6.07, 6.45) is 4.12. The van der Waals surface area contributed by atoms with Gasteiger partial charge in [-0.3, -0.25) is 0 Å². The van der Waals surface area contributed by atoms with E-state index in [1.165, 1.54) is 0 Å². The minimum absolute atomic E-state index is 0.0916. The van der Waals surface area contributed by atoms with Gasteiger partial charge >= 0.3 is 0 Å². The SMILES string of the molecule is CCNc1ncc(F)c(NC2CCCC2CO)n1. The largest absolute Gasteiger partial charge is 0.396 e. The van der Waals surface area contributed by atoms with Crippen molar-refractivity contribution in [3.05, 3.63) is 12.0 Å². The van der Waals surface area contributed by atoms with Gasteiger partial charge in [0.1, 0.15) is 0 Å². The van der Waals surface area contributed by atoms with Gasteiger partial charge in [-0.1, -0.05) is 6.42 Å². The molecule has 1 aliphatic carbocycles. The lowest BCUT2D eigenvalue weighted by Crippen LogP contribution is -2.27. The van der Waals surface area contributed by atoms with Crippen molar-refractivity contribution in [1.82, 2.24) is 9.97 Å². The molecule has 6 heteroatoms.